The Morgan fingerprint density at radius 1 is 0.848 bits per heavy atom. The van der Waals surface area contributed by atoms with Gasteiger partial charge in [0.2, 0.25) is 0 Å². The summed E-state index contributed by atoms with van der Waals surface area (Å²) in [5.74, 6) is 1.33. The standard InChI is InChI=1S/C26H27N5O2/c1-32-24-11-6-18(14-25(24)33-2)21-17-28-22-15-27-16-23(26(22)30-21)29-19-7-9-20(10-8-19)31-12-4-3-5-13-31/h6-11,14-17,29H,3-5,12-13H2,1-2H3. The largest absolute Gasteiger partial charge is 0.493 e. The zero-order valence-corrected chi connectivity index (χ0v) is 18.9. The molecular formula is C26H27N5O2. The summed E-state index contributed by atoms with van der Waals surface area (Å²) < 4.78 is 10.8. The molecule has 0 saturated carbocycles. The Morgan fingerprint density at radius 2 is 1.64 bits per heavy atom. The fourth-order valence-electron chi connectivity index (χ4n) is 4.22. The molecule has 7 nitrogen and oxygen atoms in total. The molecule has 7 heteroatoms. The summed E-state index contributed by atoms with van der Waals surface area (Å²) in [6.07, 6.45) is 9.13. The third-order valence-electron chi connectivity index (χ3n) is 6.00. The van der Waals surface area contributed by atoms with E-state index >= 15 is 0 Å². The number of fused-ring (bicyclic) bond motifs is 1. The van der Waals surface area contributed by atoms with E-state index in [1.165, 1.54) is 24.9 Å². The lowest BCUT2D eigenvalue weighted by Gasteiger charge is -2.28. The number of aromatic nitrogens is 3. The van der Waals surface area contributed by atoms with Crippen molar-refractivity contribution in [2.75, 3.05) is 37.5 Å². The van der Waals surface area contributed by atoms with Crippen molar-refractivity contribution in [3.8, 4) is 22.8 Å². The summed E-state index contributed by atoms with van der Waals surface area (Å²) in [5, 5.41) is 3.47. The van der Waals surface area contributed by atoms with Gasteiger partial charge in [-0.05, 0) is 61.7 Å². The number of rotatable bonds is 6. The Kier molecular flexibility index (Phi) is 5.93. The molecule has 1 N–H and O–H groups in total. The molecule has 2 aromatic heterocycles. The number of nitrogens with zero attached hydrogens (tertiary/aromatic N) is 4. The van der Waals surface area contributed by atoms with Crippen LogP contribution in [0, 0.1) is 0 Å². The van der Waals surface area contributed by atoms with Crippen LogP contribution in [0.4, 0.5) is 17.1 Å². The number of piperidine rings is 1. The lowest BCUT2D eigenvalue weighted by atomic mass is 10.1. The number of benzene rings is 2. The SMILES string of the molecule is COc1ccc(-c2cnc3cncc(Nc4ccc(N5CCCCC5)cc4)c3n2)cc1OC. The highest BCUT2D eigenvalue weighted by Gasteiger charge is 2.13. The minimum absolute atomic E-state index is 0.652. The zero-order valence-electron chi connectivity index (χ0n) is 18.9. The molecule has 0 unspecified atom stereocenters. The molecule has 4 aromatic rings. The summed E-state index contributed by atoms with van der Waals surface area (Å²) in [6, 6.07) is 14.3. The smallest absolute Gasteiger partial charge is 0.161 e. The van der Waals surface area contributed by atoms with E-state index in [4.69, 9.17) is 14.5 Å². The van der Waals surface area contributed by atoms with Gasteiger partial charge in [-0.15, -0.1) is 0 Å². The van der Waals surface area contributed by atoms with Crippen molar-refractivity contribution in [3.63, 3.8) is 0 Å². The molecule has 2 aromatic carbocycles. The van der Waals surface area contributed by atoms with Crippen molar-refractivity contribution < 1.29 is 9.47 Å². The molecule has 0 amide bonds. The van der Waals surface area contributed by atoms with Crippen molar-refractivity contribution >= 4 is 28.1 Å². The van der Waals surface area contributed by atoms with E-state index in [1.54, 1.807) is 32.8 Å². The van der Waals surface area contributed by atoms with Gasteiger partial charge < -0.3 is 19.7 Å². The van der Waals surface area contributed by atoms with Crippen LogP contribution in [0.25, 0.3) is 22.3 Å². The van der Waals surface area contributed by atoms with Crippen molar-refractivity contribution in [2.24, 2.45) is 0 Å². The first-order valence-corrected chi connectivity index (χ1v) is 11.2. The Labute approximate surface area is 193 Å². The van der Waals surface area contributed by atoms with Gasteiger partial charge in [-0.2, -0.15) is 0 Å². The van der Waals surface area contributed by atoms with E-state index in [2.05, 4.69) is 44.5 Å². The summed E-state index contributed by atoms with van der Waals surface area (Å²) in [7, 11) is 3.25. The minimum atomic E-state index is 0.652. The predicted octanol–water partition coefficient (Wildman–Crippen LogP) is 5.44. The molecule has 1 saturated heterocycles. The number of anilines is 3. The fourth-order valence-corrected chi connectivity index (χ4v) is 4.22. The van der Waals surface area contributed by atoms with Gasteiger partial charge in [0, 0.05) is 30.0 Å². The van der Waals surface area contributed by atoms with E-state index in [0.29, 0.717) is 11.5 Å². The Hall–Kier alpha value is -3.87. The average molecular weight is 442 g/mol. The first-order chi connectivity index (χ1) is 16.2. The Morgan fingerprint density at radius 3 is 2.39 bits per heavy atom. The third-order valence-corrected chi connectivity index (χ3v) is 6.00. The Balaban J connectivity index is 1.44. The van der Waals surface area contributed by atoms with Crippen LogP contribution in [0.2, 0.25) is 0 Å². The van der Waals surface area contributed by atoms with Gasteiger partial charge >= 0.3 is 0 Å². The molecule has 5 rings (SSSR count). The average Bonchev–Trinajstić information content (AvgIpc) is 2.89. The number of nitrogens with one attached hydrogen (secondary N) is 1. The second-order valence-electron chi connectivity index (χ2n) is 8.10. The number of hydrogen-bond donors (Lipinski definition) is 1. The highest BCUT2D eigenvalue weighted by Crippen LogP contribution is 2.33. The van der Waals surface area contributed by atoms with Crippen molar-refractivity contribution in [1.29, 1.82) is 0 Å². The molecule has 0 radical (unpaired) electrons. The van der Waals surface area contributed by atoms with Crippen LogP contribution in [-0.2, 0) is 0 Å². The molecule has 0 aliphatic carbocycles. The maximum Gasteiger partial charge on any atom is 0.161 e. The molecule has 3 heterocycles. The number of ether oxygens (including phenoxy) is 2. The van der Waals surface area contributed by atoms with Crippen molar-refractivity contribution in [3.05, 3.63) is 61.1 Å². The quantitative estimate of drug-likeness (QED) is 0.427. The van der Waals surface area contributed by atoms with Crippen LogP contribution in [0.3, 0.4) is 0 Å². The number of methoxy groups -OCH3 is 2. The maximum atomic E-state index is 5.44. The van der Waals surface area contributed by atoms with Crippen LogP contribution < -0.4 is 19.7 Å². The normalized spacial score (nSPS) is 13.7. The van der Waals surface area contributed by atoms with Gasteiger partial charge in [0.1, 0.15) is 11.0 Å². The van der Waals surface area contributed by atoms with Gasteiger partial charge in [-0.3, -0.25) is 9.97 Å². The van der Waals surface area contributed by atoms with Crippen LogP contribution in [0.5, 0.6) is 11.5 Å². The highest BCUT2D eigenvalue weighted by atomic mass is 16.5. The van der Waals surface area contributed by atoms with Crippen LogP contribution in [-0.4, -0.2) is 42.3 Å². The second kappa shape index (κ2) is 9.32. The monoisotopic (exact) mass is 441 g/mol. The summed E-state index contributed by atoms with van der Waals surface area (Å²) in [4.78, 5) is 16.3. The van der Waals surface area contributed by atoms with E-state index < -0.39 is 0 Å². The zero-order chi connectivity index (χ0) is 22.6. The van der Waals surface area contributed by atoms with Gasteiger partial charge in [-0.1, -0.05) is 0 Å². The van der Waals surface area contributed by atoms with Crippen molar-refractivity contribution in [2.45, 2.75) is 19.3 Å². The van der Waals surface area contributed by atoms with E-state index in [9.17, 15) is 0 Å². The lowest BCUT2D eigenvalue weighted by Crippen LogP contribution is -2.29. The summed E-state index contributed by atoms with van der Waals surface area (Å²) in [5.41, 5.74) is 6.21. The number of pyridine rings is 1. The molecule has 33 heavy (non-hydrogen) atoms. The fraction of sp³-hybridized carbons (Fsp3) is 0.269. The topological polar surface area (TPSA) is 72.4 Å². The van der Waals surface area contributed by atoms with Crippen LogP contribution >= 0.6 is 0 Å². The molecule has 1 aliphatic rings. The van der Waals surface area contributed by atoms with Crippen LogP contribution in [0.15, 0.2) is 61.1 Å². The molecule has 0 spiro atoms. The number of hydrogen-bond acceptors (Lipinski definition) is 7. The second-order valence-corrected chi connectivity index (χ2v) is 8.10. The summed E-state index contributed by atoms with van der Waals surface area (Å²) in [6.45, 7) is 2.27. The molecule has 1 aliphatic heterocycles. The molecule has 168 valence electrons. The first kappa shape index (κ1) is 21.0. The lowest BCUT2D eigenvalue weighted by molar-refractivity contribution is 0.355. The van der Waals surface area contributed by atoms with E-state index in [-0.39, 0.29) is 0 Å². The van der Waals surface area contributed by atoms with Gasteiger partial charge in [0.15, 0.2) is 11.5 Å². The molecule has 1 fully saturated rings. The molecule has 0 atom stereocenters. The van der Waals surface area contributed by atoms with Crippen molar-refractivity contribution in [1.82, 2.24) is 15.0 Å². The molecule has 0 bridgehead atoms. The molecular weight excluding hydrogens is 414 g/mol. The van der Waals surface area contributed by atoms with E-state index in [0.717, 1.165) is 46.8 Å². The minimum Gasteiger partial charge on any atom is -0.493 e. The Bertz CT molecular complexity index is 1250. The maximum absolute atomic E-state index is 5.44. The van der Waals surface area contributed by atoms with E-state index in [1.807, 2.05) is 18.2 Å². The predicted molar refractivity (Wildman–Crippen MR) is 132 cm³/mol. The van der Waals surface area contributed by atoms with Gasteiger partial charge in [-0.25, -0.2) is 4.98 Å². The third kappa shape index (κ3) is 4.39. The summed E-state index contributed by atoms with van der Waals surface area (Å²) >= 11 is 0. The highest BCUT2D eigenvalue weighted by molar-refractivity contribution is 5.90. The van der Waals surface area contributed by atoms with Gasteiger partial charge in [0.05, 0.1) is 44.2 Å². The van der Waals surface area contributed by atoms with Crippen LogP contribution in [0.1, 0.15) is 19.3 Å². The first-order valence-electron chi connectivity index (χ1n) is 11.2. The van der Waals surface area contributed by atoms with Gasteiger partial charge in [0.25, 0.3) is 0 Å².